The standard InChI is InChI=1S/C60H110O6/c1-4-7-10-13-16-19-22-25-28-30-32-35-38-41-44-47-50-53-59(62)65-56-57(55-64-58(61)52-49-46-43-40-37-34-27-24-21-18-15-12-9-6-3)66-60(63)54-51-48-45-42-39-36-33-31-29-26-23-20-17-14-11-8-5-2/h25,28,32,35,41,44,57H,4-24,26-27,29-31,33-34,36-40,42-43,45-56H2,1-3H3/b28-25-,35-32-,44-41-. The minimum absolute atomic E-state index is 0.0827. The summed E-state index contributed by atoms with van der Waals surface area (Å²) in [6.45, 7) is 6.63. The van der Waals surface area contributed by atoms with Crippen LogP contribution in [0.5, 0.6) is 0 Å². The fourth-order valence-electron chi connectivity index (χ4n) is 8.52. The second kappa shape index (κ2) is 55.2. The van der Waals surface area contributed by atoms with Gasteiger partial charge >= 0.3 is 17.9 Å². The van der Waals surface area contributed by atoms with Crippen molar-refractivity contribution >= 4 is 17.9 Å². The molecule has 6 heteroatoms. The molecule has 0 amide bonds. The summed E-state index contributed by atoms with van der Waals surface area (Å²) in [5.41, 5.74) is 0. The average Bonchev–Trinajstić information content (AvgIpc) is 3.31. The number of carbonyl (C=O) groups is 3. The number of carbonyl (C=O) groups excluding carboxylic acids is 3. The Hall–Kier alpha value is -2.37. The van der Waals surface area contributed by atoms with E-state index in [1.807, 2.05) is 0 Å². The molecule has 0 spiro atoms. The first kappa shape index (κ1) is 63.6. The van der Waals surface area contributed by atoms with Crippen molar-refractivity contribution < 1.29 is 28.6 Å². The number of hydrogen-bond acceptors (Lipinski definition) is 6. The Morgan fingerprint density at radius 3 is 0.909 bits per heavy atom. The Kier molecular flexibility index (Phi) is 53.2. The van der Waals surface area contributed by atoms with Gasteiger partial charge in [-0.05, 0) is 51.4 Å². The highest BCUT2D eigenvalue weighted by molar-refractivity contribution is 5.71. The summed E-state index contributed by atoms with van der Waals surface area (Å²) in [4.78, 5) is 38.1. The Labute approximate surface area is 410 Å². The van der Waals surface area contributed by atoms with E-state index in [-0.39, 0.29) is 31.1 Å². The van der Waals surface area contributed by atoms with Gasteiger partial charge in [0.1, 0.15) is 13.2 Å². The van der Waals surface area contributed by atoms with Gasteiger partial charge < -0.3 is 14.2 Å². The van der Waals surface area contributed by atoms with Gasteiger partial charge in [-0.1, -0.05) is 276 Å². The molecule has 0 aliphatic heterocycles. The highest BCUT2D eigenvalue weighted by atomic mass is 16.6. The first-order valence-electron chi connectivity index (χ1n) is 29.0. The maximum Gasteiger partial charge on any atom is 0.306 e. The Morgan fingerprint density at radius 1 is 0.303 bits per heavy atom. The van der Waals surface area contributed by atoms with E-state index in [1.165, 1.54) is 205 Å². The second-order valence-corrected chi connectivity index (χ2v) is 19.6. The number of ether oxygens (including phenoxy) is 3. The van der Waals surface area contributed by atoms with E-state index < -0.39 is 6.10 Å². The lowest BCUT2D eigenvalue weighted by molar-refractivity contribution is -0.167. The third-order valence-corrected chi connectivity index (χ3v) is 12.9. The fourth-order valence-corrected chi connectivity index (χ4v) is 8.52. The molecule has 0 saturated heterocycles. The molecule has 0 bridgehead atoms. The normalized spacial score (nSPS) is 12.2. The summed E-state index contributed by atoms with van der Waals surface area (Å²) < 4.78 is 16.8. The maximum absolute atomic E-state index is 12.8. The highest BCUT2D eigenvalue weighted by Crippen LogP contribution is 2.17. The predicted molar refractivity (Wildman–Crippen MR) is 284 cm³/mol. The van der Waals surface area contributed by atoms with Crippen molar-refractivity contribution in [2.24, 2.45) is 0 Å². The van der Waals surface area contributed by atoms with Gasteiger partial charge in [0.2, 0.25) is 0 Å². The zero-order chi connectivity index (χ0) is 47.9. The Balaban J connectivity index is 4.40. The van der Waals surface area contributed by atoms with Gasteiger partial charge in [-0.25, -0.2) is 0 Å². The van der Waals surface area contributed by atoms with Crippen LogP contribution in [0.3, 0.4) is 0 Å². The van der Waals surface area contributed by atoms with Crippen molar-refractivity contribution in [3.8, 4) is 0 Å². The topological polar surface area (TPSA) is 78.9 Å². The molecule has 0 rings (SSSR count). The van der Waals surface area contributed by atoms with Crippen LogP contribution in [0.1, 0.15) is 310 Å². The molecule has 0 aliphatic carbocycles. The van der Waals surface area contributed by atoms with Crippen LogP contribution < -0.4 is 0 Å². The summed E-state index contributed by atoms with van der Waals surface area (Å²) in [7, 11) is 0. The lowest BCUT2D eigenvalue weighted by atomic mass is 10.0. The van der Waals surface area contributed by atoms with Crippen LogP contribution in [0.15, 0.2) is 36.5 Å². The lowest BCUT2D eigenvalue weighted by Gasteiger charge is -2.18. The number of esters is 3. The van der Waals surface area contributed by atoms with Gasteiger partial charge in [0.15, 0.2) is 6.10 Å². The Bertz CT molecular complexity index is 1110. The third kappa shape index (κ3) is 52.6. The summed E-state index contributed by atoms with van der Waals surface area (Å²) in [6.07, 6.45) is 65.7. The summed E-state index contributed by atoms with van der Waals surface area (Å²) >= 11 is 0. The maximum atomic E-state index is 12.8. The average molecular weight is 928 g/mol. The predicted octanol–water partition coefficient (Wildman–Crippen LogP) is 19.3. The number of rotatable bonds is 53. The molecule has 0 radical (unpaired) electrons. The first-order valence-corrected chi connectivity index (χ1v) is 29.0. The number of allylic oxidation sites excluding steroid dienone is 6. The quantitative estimate of drug-likeness (QED) is 0.0262. The summed E-state index contributed by atoms with van der Waals surface area (Å²) in [6, 6.07) is 0. The molecule has 0 aromatic rings. The molecule has 386 valence electrons. The molecule has 0 N–H and O–H groups in total. The molecule has 0 fully saturated rings. The Morgan fingerprint density at radius 2 is 0.561 bits per heavy atom. The van der Waals surface area contributed by atoms with E-state index in [2.05, 4.69) is 57.2 Å². The SMILES string of the molecule is CCCCCCCC/C=C\C/C=C\C/C=C\CCCC(=O)OCC(COC(=O)CCCCCCCCCCCCCCCC)OC(=O)CCCCCCCCCCCCCCCCCCC. The molecular weight excluding hydrogens is 817 g/mol. The molecule has 0 saturated carbocycles. The monoisotopic (exact) mass is 927 g/mol. The molecule has 66 heavy (non-hydrogen) atoms. The van der Waals surface area contributed by atoms with Gasteiger partial charge in [0, 0.05) is 19.3 Å². The highest BCUT2D eigenvalue weighted by Gasteiger charge is 2.19. The van der Waals surface area contributed by atoms with Crippen LogP contribution in [0.25, 0.3) is 0 Å². The van der Waals surface area contributed by atoms with Gasteiger partial charge in [-0.2, -0.15) is 0 Å². The molecule has 1 atom stereocenters. The smallest absolute Gasteiger partial charge is 0.306 e. The fraction of sp³-hybridized carbons (Fsp3) is 0.850. The van der Waals surface area contributed by atoms with Crippen molar-refractivity contribution in [1.29, 1.82) is 0 Å². The third-order valence-electron chi connectivity index (χ3n) is 12.9. The first-order chi connectivity index (χ1) is 32.5. The van der Waals surface area contributed by atoms with Crippen molar-refractivity contribution in [3.63, 3.8) is 0 Å². The van der Waals surface area contributed by atoms with E-state index in [4.69, 9.17) is 14.2 Å². The molecule has 0 aromatic heterocycles. The van der Waals surface area contributed by atoms with Crippen LogP contribution >= 0.6 is 0 Å². The summed E-state index contributed by atoms with van der Waals surface area (Å²) in [5.74, 6) is -0.918. The van der Waals surface area contributed by atoms with Crippen LogP contribution in [-0.4, -0.2) is 37.2 Å². The zero-order valence-electron chi connectivity index (χ0n) is 44.2. The van der Waals surface area contributed by atoms with Crippen molar-refractivity contribution in [1.82, 2.24) is 0 Å². The summed E-state index contributed by atoms with van der Waals surface area (Å²) in [5, 5.41) is 0. The second-order valence-electron chi connectivity index (χ2n) is 19.6. The van der Waals surface area contributed by atoms with Gasteiger partial charge in [0.05, 0.1) is 0 Å². The van der Waals surface area contributed by atoms with E-state index in [0.717, 1.165) is 57.8 Å². The molecule has 0 aromatic carbocycles. The zero-order valence-corrected chi connectivity index (χ0v) is 44.2. The largest absolute Gasteiger partial charge is 0.462 e. The molecule has 6 nitrogen and oxygen atoms in total. The van der Waals surface area contributed by atoms with Gasteiger partial charge in [-0.15, -0.1) is 0 Å². The van der Waals surface area contributed by atoms with E-state index in [0.29, 0.717) is 25.7 Å². The van der Waals surface area contributed by atoms with Crippen molar-refractivity contribution in [2.75, 3.05) is 13.2 Å². The minimum Gasteiger partial charge on any atom is -0.462 e. The van der Waals surface area contributed by atoms with E-state index in [9.17, 15) is 14.4 Å². The van der Waals surface area contributed by atoms with Crippen LogP contribution in [0.2, 0.25) is 0 Å². The number of unbranched alkanes of at least 4 members (excludes halogenated alkanes) is 36. The molecule has 1 unspecified atom stereocenters. The van der Waals surface area contributed by atoms with Gasteiger partial charge in [0.25, 0.3) is 0 Å². The lowest BCUT2D eigenvalue weighted by Crippen LogP contribution is -2.30. The molecular formula is C60H110O6. The van der Waals surface area contributed by atoms with Crippen molar-refractivity contribution in [3.05, 3.63) is 36.5 Å². The van der Waals surface area contributed by atoms with Crippen LogP contribution in [-0.2, 0) is 28.6 Å². The molecule has 0 aliphatic rings. The van der Waals surface area contributed by atoms with E-state index in [1.54, 1.807) is 0 Å². The van der Waals surface area contributed by atoms with Crippen LogP contribution in [0.4, 0.5) is 0 Å². The molecule has 0 heterocycles. The number of hydrogen-bond donors (Lipinski definition) is 0. The van der Waals surface area contributed by atoms with Gasteiger partial charge in [-0.3, -0.25) is 14.4 Å². The van der Waals surface area contributed by atoms with Crippen LogP contribution in [0, 0.1) is 0 Å². The minimum atomic E-state index is -0.787. The van der Waals surface area contributed by atoms with Crippen molar-refractivity contribution in [2.45, 2.75) is 316 Å². The van der Waals surface area contributed by atoms with E-state index >= 15 is 0 Å².